The topological polar surface area (TPSA) is 66.8 Å². The van der Waals surface area contributed by atoms with Crippen molar-refractivity contribution in [2.24, 2.45) is 5.41 Å². The number of aliphatic carboxylic acids is 1. The van der Waals surface area contributed by atoms with E-state index in [9.17, 15) is 14.7 Å². The maximum Gasteiger partial charge on any atom is 0.311 e. The van der Waals surface area contributed by atoms with Crippen LogP contribution in [0.25, 0.3) is 0 Å². The zero-order valence-corrected chi connectivity index (χ0v) is 12.9. The highest BCUT2D eigenvalue weighted by atomic mass is 79.9. The molecule has 0 saturated carbocycles. The third-order valence-electron chi connectivity index (χ3n) is 3.67. The molecule has 1 aromatic carbocycles. The minimum absolute atomic E-state index is 0.195. The molecule has 0 radical (unpaired) electrons. The van der Waals surface area contributed by atoms with Gasteiger partial charge in [-0.1, -0.05) is 15.9 Å². The predicted octanol–water partition coefficient (Wildman–Crippen LogP) is 2.39. The van der Waals surface area contributed by atoms with E-state index in [0.717, 1.165) is 4.47 Å². The summed E-state index contributed by atoms with van der Waals surface area (Å²) < 4.78 is 6.03. The SMILES string of the molecule is COc1cc(Br)ccc1C(=O)N1CC[C@@](C)(C(=O)O)C1. The normalized spacial score (nSPS) is 21.9. The zero-order chi connectivity index (χ0) is 14.9. The minimum atomic E-state index is -0.865. The Balaban J connectivity index is 2.23. The van der Waals surface area contributed by atoms with Crippen LogP contribution in [0.2, 0.25) is 0 Å². The van der Waals surface area contributed by atoms with E-state index >= 15 is 0 Å². The smallest absolute Gasteiger partial charge is 0.311 e. The fourth-order valence-electron chi connectivity index (χ4n) is 2.32. The van der Waals surface area contributed by atoms with Crippen molar-refractivity contribution in [2.75, 3.05) is 20.2 Å². The van der Waals surface area contributed by atoms with Crippen molar-refractivity contribution in [1.29, 1.82) is 0 Å². The van der Waals surface area contributed by atoms with Crippen molar-refractivity contribution in [3.8, 4) is 5.75 Å². The number of carboxylic acids is 1. The summed E-state index contributed by atoms with van der Waals surface area (Å²) >= 11 is 3.32. The monoisotopic (exact) mass is 341 g/mol. The van der Waals surface area contributed by atoms with E-state index in [1.165, 1.54) is 7.11 Å². The Hall–Kier alpha value is -1.56. The van der Waals surface area contributed by atoms with Crippen LogP contribution in [0.3, 0.4) is 0 Å². The van der Waals surface area contributed by atoms with Gasteiger partial charge in [0.25, 0.3) is 5.91 Å². The summed E-state index contributed by atoms with van der Waals surface area (Å²) in [5, 5.41) is 9.21. The van der Waals surface area contributed by atoms with Crippen molar-refractivity contribution >= 4 is 27.8 Å². The number of halogens is 1. The van der Waals surface area contributed by atoms with Crippen molar-refractivity contribution in [3.63, 3.8) is 0 Å². The van der Waals surface area contributed by atoms with E-state index in [-0.39, 0.29) is 12.5 Å². The Morgan fingerprint density at radius 1 is 1.45 bits per heavy atom. The quantitative estimate of drug-likeness (QED) is 0.916. The molecule has 0 aromatic heterocycles. The first-order valence-electron chi connectivity index (χ1n) is 6.23. The molecule has 0 aliphatic carbocycles. The predicted molar refractivity (Wildman–Crippen MR) is 77.0 cm³/mol. The van der Waals surface area contributed by atoms with Gasteiger partial charge in [0.05, 0.1) is 18.1 Å². The molecule has 1 fully saturated rings. The van der Waals surface area contributed by atoms with Crippen molar-refractivity contribution in [3.05, 3.63) is 28.2 Å². The molecule has 0 spiro atoms. The molecule has 2 rings (SSSR count). The molecular weight excluding hydrogens is 326 g/mol. The first-order chi connectivity index (χ1) is 9.37. The van der Waals surface area contributed by atoms with Gasteiger partial charge in [-0.2, -0.15) is 0 Å². The number of carboxylic acid groups (broad SMARTS) is 1. The first kappa shape index (κ1) is 14.8. The molecule has 20 heavy (non-hydrogen) atoms. The second-order valence-electron chi connectivity index (χ2n) is 5.19. The average molecular weight is 342 g/mol. The number of methoxy groups -OCH3 is 1. The summed E-state index contributed by atoms with van der Waals surface area (Å²) in [6.07, 6.45) is 0.465. The average Bonchev–Trinajstić information content (AvgIpc) is 2.82. The van der Waals surface area contributed by atoms with Crippen LogP contribution < -0.4 is 4.74 Å². The molecule has 1 N–H and O–H groups in total. The molecule has 1 aliphatic heterocycles. The molecule has 6 heteroatoms. The Kier molecular flexibility index (Phi) is 4.04. The van der Waals surface area contributed by atoms with Gasteiger partial charge in [-0.15, -0.1) is 0 Å². The van der Waals surface area contributed by atoms with Gasteiger partial charge < -0.3 is 14.7 Å². The van der Waals surface area contributed by atoms with Crippen molar-refractivity contribution in [2.45, 2.75) is 13.3 Å². The van der Waals surface area contributed by atoms with Crippen molar-refractivity contribution in [1.82, 2.24) is 4.90 Å². The summed E-state index contributed by atoms with van der Waals surface area (Å²) in [6.45, 7) is 2.34. The first-order valence-corrected chi connectivity index (χ1v) is 7.03. The molecule has 1 atom stereocenters. The molecule has 0 unspecified atom stereocenters. The highest BCUT2D eigenvalue weighted by Gasteiger charge is 2.42. The fourth-order valence-corrected chi connectivity index (χ4v) is 2.66. The highest BCUT2D eigenvalue weighted by molar-refractivity contribution is 9.10. The largest absolute Gasteiger partial charge is 0.496 e. The second-order valence-corrected chi connectivity index (χ2v) is 6.10. The van der Waals surface area contributed by atoms with Crippen molar-refractivity contribution < 1.29 is 19.4 Å². The van der Waals surface area contributed by atoms with Gasteiger partial charge in [-0.05, 0) is 31.5 Å². The third-order valence-corrected chi connectivity index (χ3v) is 4.16. The standard InChI is InChI=1S/C14H16BrNO4/c1-14(13(18)19)5-6-16(8-14)12(17)10-4-3-9(15)7-11(10)20-2/h3-4,7H,5-6,8H2,1-2H3,(H,18,19)/t14-/m1/s1. The lowest BCUT2D eigenvalue weighted by atomic mass is 9.90. The number of amides is 1. The van der Waals surface area contributed by atoms with E-state index in [4.69, 9.17) is 4.74 Å². The minimum Gasteiger partial charge on any atom is -0.496 e. The van der Waals surface area contributed by atoms with Crippen LogP contribution in [0, 0.1) is 5.41 Å². The van der Waals surface area contributed by atoms with Crippen LogP contribution in [0.15, 0.2) is 22.7 Å². The Morgan fingerprint density at radius 3 is 2.70 bits per heavy atom. The molecule has 0 bridgehead atoms. The van der Waals surface area contributed by atoms with E-state index in [1.54, 1.807) is 30.0 Å². The molecular formula is C14H16BrNO4. The Bertz CT molecular complexity index is 560. The fraction of sp³-hybridized carbons (Fsp3) is 0.429. The molecule has 108 valence electrons. The van der Waals surface area contributed by atoms with Gasteiger partial charge in [-0.3, -0.25) is 9.59 Å². The summed E-state index contributed by atoms with van der Waals surface area (Å²) in [6, 6.07) is 5.17. The molecule has 1 heterocycles. The van der Waals surface area contributed by atoms with Gasteiger partial charge >= 0.3 is 5.97 Å². The molecule has 5 nitrogen and oxygen atoms in total. The highest BCUT2D eigenvalue weighted by Crippen LogP contribution is 2.32. The molecule has 1 aliphatic rings. The molecule has 1 saturated heterocycles. The summed E-state index contributed by atoms with van der Waals surface area (Å²) in [4.78, 5) is 25.3. The number of nitrogens with zero attached hydrogens (tertiary/aromatic N) is 1. The lowest BCUT2D eigenvalue weighted by Crippen LogP contribution is -2.35. The lowest BCUT2D eigenvalue weighted by Gasteiger charge is -2.21. The summed E-state index contributed by atoms with van der Waals surface area (Å²) in [7, 11) is 1.50. The Morgan fingerprint density at radius 2 is 2.15 bits per heavy atom. The number of hydrogen-bond donors (Lipinski definition) is 1. The maximum atomic E-state index is 12.5. The van der Waals surface area contributed by atoms with E-state index in [0.29, 0.717) is 24.3 Å². The van der Waals surface area contributed by atoms with Gasteiger partial charge in [-0.25, -0.2) is 0 Å². The molecule has 1 aromatic rings. The number of carbonyl (C=O) groups is 2. The van der Waals surface area contributed by atoms with Gasteiger partial charge in [0, 0.05) is 17.6 Å². The summed E-state index contributed by atoms with van der Waals surface area (Å²) in [5.41, 5.74) is -0.413. The van der Waals surface area contributed by atoms with Crippen LogP contribution in [-0.2, 0) is 4.79 Å². The lowest BCUT2D eigenvalue weighted by molar-refractivity contribution is -0.147. The number of ether oxygens (including phenoxy) is 1. The maximum absolute atomic E-state index is 12.5. The number of hydrogen-bond acceptors (Lipinski definition) is 3. The van der Waals surface area contributed by atoms with Gasteiger partial charge in [0.15, 0.2) is 0 Å². The number of likely N-dealkylation sites (tertiary alicyclic amines) is 1. The van der Waals surface area contributed by atoms with Crippen LogP contribution in [0.4, 0.5) is 0 Å². The van der Waals surface area contributed by atoms with Crippen LogP contribution >= 0.6 is 15.9 Å². The number of rotatable bonds is 3. The second kappa shape index (κ2) is 5.44. The van der Waals surface area contributed by atoms with E-state index in [1.807, 2.05) is 0 Å². The van der Waals surface area contributed by atoms with E-state index in [2.05, 4.69) is 15.9 Å². The zero-order valence-electron chi connectivity index (χ0n) is 11.4. The van der Waals surface area contributed by atoms with Gasteiger partial charge in [0.2, 0.25) is 0 Å². The third kappa shape index (κ3) is 2.65. The van der Waals surface area contributed by atoms with Crippen LogP contribution in [0.1, 0.15) is 23.7 Å². The van der Waals surface area contributed by atoms with E-state index < -0.39 is 11.4 Å². The Labute approximate surface area is 125 Å². The summed E-state index contributed by atoms with van der Waals surface area (Å²) in [5.74, 6) is -0.580. The van der Waals surface area contributed by atoms with Gasteiger partial charge in [0.1, 0.15) is 5.75 Å². The molecule has 1 amide bonds. The van der Waals surface area contributed by atoms with Crippen LogP contribution in [0.5, 0.6) is 5.75 Å². The number of benzene rings is 1. The number of carbonyl (C=O) groups excluding carboxylic acids is 1. The van der Waals surface area contributed by atoms with Crippen LogP contribution in [-0.4, -0.2) is 42.1 Å².